The smallest absolute Gasteiger partial charge is 0.217 e. The van der Waals surface area contributed by atoms with Crippen molar-refractivity contribution >= 4 is 17.7 Å². The van der Waals surface area contributed by atoms with Gasteiger partial charge in [0, 0.05) is 23.7 Å². The van der Waals surface area contributed by atoms with Crippen LogP contribution in [0, 0.1) is 0 Å². The number of aromatic nitrogens is 1. The molecule has 0 aromatic carbocycles. The number of rotatable bonds is 1. The number of carbonyl (C=O) groups is 1. The Morgan fingerprint density at radius 1 is 1.67 bits per heavy atom. The lowest BCUT2D eigenvalue weighted by molar-refractivity contribution is 0.109. The van der Waals surface area contributed by atoms with E-state index in [9.17, 15) is 4.79 Å². The summed E-state index contributed by atoms with van der Waals surface area (Å²) in [5.74, 6) is 0.579. The number of hydrogen-bond acceptors (Lipinski definition) is 3. The van der Waals surface area contributed by atoms with Crippen LogP contribution in [0.4, 0.5) is 0 Å². The Labute approximate surface area is 75.2 Å². The maximum Gasteiger partial charge on any atom is 0.217 e. The Bertz CT molecular complexity index is 338. The van der Waals surface area contributed by atoms with E-state index in [0.29, 0.717) is 18.1 Å². The first-order chi connectivity index (χ1) is 5.79. The van der Waals surface area contributed by atoms with Gasteiger partial charge in [0.25, 0.3) is 0 Å². The van der Waals surface area contributed by atoms with Crippen molar-refractivity contribution in [2.75, 3.05) is 6.61 Å². The fourth-order valence-electron chi connectivity index (χ4n) is 1.29. The normalized spacial score (nSPS) is 13.8. The van der Waals surface area contributed by atoms with Gasteiger partial charge in [-0.2, -0.15) is 0 Å². The number of ether oxygens (including phenoxy) is 1. The summed E-state index contributed by atoms with van der Waals surface area (Å²) in [6.07, 6.45) is 2.32. The molecule has 0 N–H and O–H groups in total. The first-order valence-electron chi connectivity index (χ1n) is 3.63. The van der Waals surface area contributed by atoms with Crippen LogP contribution in [-0.4, -0.2) is 16.7 Å². The van der Waals surface area contributed by atoms with E-state index in [0.717, 1.165) is 12.0 Å². The lowest BCUT2D eigenvalue weighted by Gasteiger charge is -2.00. The monoisotopic (exact) mass is 181 g/mol. The third kappa shape index (κ3) is 1.08. The second-order valence-corrected chi connectivity index (χ2v) is 2.95. The molecule has 4 heteroatoms. The molecule has 0 atom stereocenters. The van der Waals surface area contributed by atoms with Crippen LogP contribution in [0.15, 0.2) is 12.3 Å². The molecule has 0 spiro atoms. The van der Waals surface area contributed by atoms with E-state index < -0.39 is 0 Å². The quantitative estimate of drug-likeness (QED) is 0.659. The highest BCUT2D eigenvalue weighted by Crippen LogP contribution is 2.26. The van der Waals surface area contributed by atoms with Gasteiger partial charge < -0.3 is 4.74 Å². The highest BCUT2D eigenvalue weighted by atomic mass is 32.1. The molecule has 0 saturated carbocycles. The van der Waals surface area contributed by atoms with Crippen molar-refractivity contribution in [3.63, 3.8) is 0 Å². The summed E-state index contributed by atoms with van der Waals surface area (Å²) in [6.45, 7) is 0.612. The Hall–Kier alpha value is -1.03. The third-order valence-corrected chi connectivity index (χ3v) is 2.08. The minimum atomic E-state index is -0.223. The minimum absolute atomic E-state index is 0.223. The van der Waals surface area contributed by atoms with E-state index in [1.54, 1.807) is 12.3 Å². The molecular formula is C8H7NO2S. The van der Waals surface area contributed by atoms with Crippen LogP contribution < -0.4 is 4.74 Å². The van der Waals surface area contributed by atoms with Crippen LogP contribution >= 0.6 is 12.6 Å². The van der Waals surface area contributed by atoms with Gasteiger partial charge in [0.1, 0.15) is 0 Å². The molecule has 0 bridgehead atoms. The van der Waals surface area contributed by atoms with Gasteiger partial charge in [0.15, 0.2) is 0 Å². The molecule has 1 aromatic heterocycles. The van der Waals surface area contributed by atoms with E-state index in [2.05, 4.69) is 17.6 Å². The number of hydrogen-bond donors (Lipinski definition) is 1. The van der Waals surface area contributed by atoms with Crippen LogP contribution in [-0.2, 0) is 6.42 Å². The van der Waals surface area contributed by atoms with Crippen molar-refractivity contribution in [3.05, 3.63) is 23.4 Å². The largest absolute Gasteiger partial charge is 0.477 e. The van der Waals surface area contributed by atoms with Gasteiger partial charge in [-0.3, -0.25) is 4.79 Å². The average Bonchev–Trinajstić information content (AvgIpc) is 2.49. The molecule has 62 valence electrons. The summed E-state index contributed by atoms with van der Waals surface area (Å²) in [4.78, 5) is 15.0. The van der Waals surface area contributed by atoms with Gasteiger partial charge in [0.05, 0.1) is 6.61 Å². The minimum Gasteiger partial charge on any atom is -0.477 e. The molecule has 2 heterocycles. The van der Waals surface area contributed by atoms with Crippen molar-refractivity contribution < 1.29 is 9.53 Å². The highest BCUT2D eigenvalue weighted by Gasteiger charge is 2.19. The van der Waals surface area contributed by atoms with Crippen LogP contribution in [0.1, 0.15) is 15.9 Å². The summed E-state index contributed by atoms with van der Waals surface area (Å²) in [6, 6.07) is 1.67. The number of pyridine rings is 1. The van der Waals surface area contributed by atoms with Crippen LogP contribution in [0.25, 0.3) is 0 Å². The number of thiol groups is 1. The van der Waals surface area contributed by atoms with Crippen LogP contribution in [0.2, 0.25) is 0 Å². The molecule has 1 aliphatic rings. The Morgan fingerprint density at radius 2 is 2.50 bits per heavy atom. The van der Waals surface area contributed by atoms with E-state index >= 15 is 0 Å². The molecule has 0 saturated heterocycles. The zero-order valence-corrected chi connectivity index (χ0v) is 7.17. The van der Waals surface area contributed by atoms with Crippen LogP contribution in [0.3, 0.4) is 0 Å². The Kier molecular flexibility index (Phi) is 1.77. The summed E-state index contributed by atoms with van der Waals surface area (Å²) in [5, 5.41) is -0.223. The van der Waals surface area contributed by atoms with E-state index in [1.807, 2.05) is 0 Å². The number of nitrogens with zero attached hydrogens (tertiary/aromatic N) is 1. The van der Waals surface area contributed by atoms with Gasteiger partial charge in [0.2, 0.25) is 11.0 Å². The van der Waals surface area contributed by atoms with Gasteiger partial charge in [-0.15, -0.1) is 12.6 Å². The number of fused-ring (bicyclic) bond motifs is 1. The molecular weight excluding hydrogens is 174 g/mol. The summed E-state index contributed by atoms with van der Waals surface area (Å²) >= 11 is 3.76. The fourth-order valence-corrected chi connectivity index (χ4v) is 1.50. The van der Waals surface area contributed by atoms with Crippen molar-refractivity contribution in [3.8, 4) is 5.88 Å². The van der Waals surface area contributed by atoms with E-state index in [4.69, 9.17) is 4.74 Å². The summed E-state index contributed by atoms with van der Waals surface area (Å²) in [7, 11) is 0. The SMILES string of the molecule is O=C(S)c1ccnc2c1CCO2. The fraction of sp³-hybridized carbons (Fsp3) is 0.250. The predicted molar refractivity (Wildman–Crippen MR) is 46.8 cm³/mol. The van der Waals surface area contributed by atoms with Crippen LogP contribution in [0.5, 0.6) is 5.88 Å². The van der Waals surface area contributed by atoms with Crippen molar-refractivity contribution in [1.82, 2.24) is 4.98 Å². The first kappa shape index (κ1) is 7.61. The third-order valence-electron chi connectivity index (χ3n) is 1.84. The first-order valence-corrected chi connectivity index (χ1v) is 4.08. The van der Waals surface area contributed by atoms with E-state index in [-0.39, 0.29) is 5.12 Å². The molecule has 0 radical (unpaired) electrons. The van der Waals surface area contributed by atoms with Gasteiger partial charge in [-0.25, -0.2) is 4.98 Å². The Balaban J connectivity index is 2.56. The zero-order chi connectivity index (χ0) is 8.55. The average molecular weight is 181 g/mol. The standard InChI is InChI=1S/C8H7NO2S/c10-8(12)6-1-3-9-7-5(6)2-4-11-7/h1,3H,2,4H2,(H,10,12). The lowest BCUT2D eigenvalue weighted by atomic mass is 10.1. The second-order valence-electron chi connectivity index (χ2n) is 2.55. The van der Waals surface area contributed by atoms with Crippen molar-refractivity contribution in [2.24, 2.45) is 0 Å². The maximum absolute atomic E-state index is 11.0. The summed E-state index contributed by atoms with van der Waals surface area (Å²) < 4.78 is 5.19. The zero-order valence-electron chi connectivity index (χ0n) is 6.28. The van der Waals surface area contributed by atoms with Gasteiger partial charge in [-0.05, 0) is 6.07 Å². The molecule has 2 rings (SSSR count). The topological polar surface area (TPSA) is 39.2 Å². The molecule has 0 fully saturated rings. The van der Waals surface area contributed by atoms with E-state index in [1.165, 1.54) is 0 Å². The molecule has 12 heavy (non-hydrogen) atoms. The van der Waals surface area contributed by atoms with Crippen molar-refractivity contribution in [1.29, 1.82) is 0 Å². The Morgan fingerprint density at radius 3 is 3.25 bits per heavy atom. The number of carbonyl (C=O) groups excluding carboxylic acids is 1. The highest BCUT2D eigenvalue weighted by molar-refractivity contribution is 7.97. The molecule has 0 aliphatic carbocycles. The molecule has 0 unspecified atom stereocenters. The molecule has 1 aliphatic heterocycles. The van der Waals surface area contributed by atoms with Crippen molar-refractivity contribution in [2.45, 2.75) is 6.42 Å². The molecule has 0 amide bonds. The van der Waals surface area contributed by atoms with Gasteiger partial charge in [-0.1, -0.05) is 0 Å². The second kappa shape index (κ2) is 2.79. The molecule has 1 aromatic rings. The summed E-state index contributed by atoms with van der Waals surface area (Å²) in [5.41, 5.74) is 1.50. The van der Waals surface area contributed by atoms with Gasteiger partial charge >= 0.3 is 0 Å². The maximum atomic E-state index is 11.0. The predicted octanol–water partition coefficient (Wildman–Crippen LogP) is 1.09. The molecule has 3 nitrogen and oxygen atoms in total. The lowest BCUT2D eigenvalue weighted by Crippen LogP contribution is -1.95.